The van der Waals surface area contributed by atoms with E-state index in [-0.39, 0.29) is 42.3 Å². The topological polar surface area (TPSA) is 83.4 Å². The Balaban J connectivity index is 1.26. The SMILES string of the molecule is CC(C)c1ccc(NC(=O)CCNC(=O)N2CC3C[C@H](C2)Cn2c3cccc2=O)cc1. The van der Waals surface area contributed by atoms with Gasteiger partial charge in [0.1, 0.15) is 0 Å². The van der Waals surface area contributed by atoms with E-state index in [2.05, 4.69) is 24.5 Å². The summed E-state index contributed by atoms with van der Waals surface area (Å²) in [5.41, 5.74) is 3.04. The quantitative estimate of drug-likeness (QED) is 0.777. The Morgan fingerprint density at radius 1 is 1.06 bits per heavy atom. The molecule has 2 aliphatic rings. The standard InChI is InChI=1S/C24H30N4O3/c1-16(2)18-6-8-20(9-7-18)26-22(29)10-11-25-24(31)27-13-17-12-19(15-27)21-4-3-5-23(30)28(21)14-17/h3-9,16-17,19H,10-15H2,1-2H3,(H,25,31)(H,26,29)/t17-,19?/m1/s1. The van der Waals surface area contributed by atoms with Crippen LogP contribution in [0.25, 0.3) is 0 Å². The summed E-state index contributed by atoms with van der Waals surface area (Å²) in [6, 6.07) is 13.1. The number of nitrogens with zero attached hydrogens (tertiary/aromatic N) is 2. The maximum Gasteiger partial charge on any atom is 0.317 e. The first-order valence-electron chi connectivity index (χ1n) is 11.0. The Morgan fingerprint density at radius 3 is 2.58 bits per heavy atom. The highest BCUT2D eigenvalue weighted by Gasteiger charge is 2.36. The lowest BCUT2D eigenvalue weighted by molar-refractivity contribution is -0.116. The van der Waals surface area contributed by atoms with Crippen molar-refractivity contribution in [1.82, 2.24) is 14.8 Å². The van der Waals surface area contributed by atoms with Crippen LogP contribution in [-0.2, 0) is 11.3 Å². The zero-order valence-corrected chi connectivity index (χ0v) is 18.1. The summed E-state index contributed by atoms with van der Waals surface area (Å²) in [5.74, 6) is 0.795. The largest absolute Gasteiger partial charge is 0.337 e. The molecule has 2 bridgehead atoms. The Bertz CT molecular complexity index is 1010. The maximum atomic E-state index is 12.7. The van der Waals surface area contributed by atoms with E-state index in [1.165, 1.54) is 5.56 Å². The number of benzene rings is 1. The van der Waals surface area contributed by atoms with Crippen molar-refractivity contribution in [3.05, 3.63) is 64.1 Å². The van der Waals surface area contributed by atoms with E-state index in [1.54, 1.807) is 12.1 Å². The normalized spacial score (nSPS) is 19.6. The van der Waals surface area contributed by atoms with Gasteiger partial charge in [-0.2, -0.15) is 0 Å². The molecule has 0 saturated carbocycles. The number of anilines is 1. The van der Waals surface area contributed by atoms with Gasteiger partial charge in [-0.1, -0.05) is 32.0 Å². The van der Waals surface area contributed by atoms with E-state index >= 15 is 0 Å². The number of aromatic nitrogens is 1. The van der Waals surface area contributed by atoms with Crippen LogP contribution in [0, 0.1) is 5.92 Å². The number of likely N-dealkylation sites (tertiary alicyclic amines) is 1. The Kier molecular flexibility index (Phi) is 6.11. The molecule has 1 fully saturated rings. The first kappa shape index (κ1) is 21.2. The van der Waals surface area contributed by atoms with Gasteiger partial charge in [0.15, 0.2) is 0 Å². The lowest BCUT2D eigenvalue weighted by Crippen LogP contribution is -2.52. The van der Waals surface area contributed by atoms with Crippen LogP contribution in [0.1, 0.15) is 49.8 Å². The lowest BCUT2D eigenvalue weighted by Gasteiger charge is -2.42. The van der Waals surface area contributed by atoms with Crippen molar-refractivity contribution in [3.63, 3.8) is 0 Å². The van der Waals surface area contributed by atoms with E-state index in [0.29, 0.717) is 25.6 Å². The second-order valence-corrected chi connectivity index (χ2v) is 8.91. The molecule has 164 valence electrons. The number of piperidine rings is 1. The highest BCUT2D eigenvalue weighted by atomic mass is 16.2. The molecule has 1 saturated heterocycles. The van der Waals surface area contributed by atoms with Crippen LogP contribution in [0.5, 0.6) is 0 Å². The number of carbonyl (C=O) groups is 2. The van der Waals surface area contributed by atoms with Gasteiger partial charge < -0.3 is 20.1 Å². The van der Waals surface area contributed by atoms with Crippen LogP contribution in [0.4, 0.5) is 10.5 Å². The first-order chi connectivity index (χ1) is 14.9. The molecule has 0 aliphatic carbocycles. The zero-order valence-electron chi connectivity index (χ0n) is 18.1. The van der Waals surface area contributed by atoms with Crippen molar-refractivity contribution in [1.29, 1.82) is 0 Å². The fraction of sp³-hybridized carbons (Fsp3) is 0.458. The third-order valence-corrected chi connectivity index (χ3v) is 6.26. The number of nitrogens with one attached hydrogen (secondary N) is 2. The molecule has 2 aliphatic heterocycles. The molecule has 2 aromatic rings. The Labute approximate surface area is 182 Å². The molecular weight excluding hydrogens is 392 g/mol. The van der Waals surface area contributed by atoms with Crippen molar-refractivity contribution in [3.8, 4) is 0 Å². The minimum atomic E-state index is -0.143. The van der Waals surface area contributed by atoms with Crippen LogP contribution in [-0.4, -0.2) is 41.0 Å². The Hall–Kier alpha value is -3.09. The second-order valence-electron chi connectivity index (χ2n) is 8.91. The van der Waals surface area contributed by atoms with Gasteiger partial charge >= 0.3 is 6.03 Å². The smallest absolute Gasteiger partial charge is 0.317 e. The maximum absolute atomic E-state index is 12.7. The minimum absolute atomic E-state index is 0.0370. The van der Waals surface area contributed by atoms with Gasteiger partial charge in [-0.3, -0.25) is 9.59 Å². The summed E-state index contributed by atoms with van der Waals surface area (Å²) in [4.78, 5) is 38.8. The van der Waals surface area contributed by atoms with Gasteiger partial charge in [-0.05, 0) is 42.0 Å². The van der Waals surface area contributed by atoms with Gasteiger partial charge in [-0.25, -0.2) is 4.79 Å². The molecule has 7 heteroatoms. The third-order valence-electron chi connectivity index (χ3n) is 6.26. The van der Waals surface area contributed by atoms with Crippen LogP contribution in [0.2, 0.25) is 0 Å². The van der Waals surface area contributed by atoms with Crippen LogP contribution >= 0.6 is 0 Å². The highest BCUT2D eigenvalue weighted by Crippen LogP contribution is 2.34. The van der Waals surface area contributed by atoms with Crippen LogP contribution < -0.4 is 16.2 Å². The Morgan fingerprint density at radius 2 is 1.84 bits per heavy atom. The monoisotopic (exact) mass is 422 g/mol. The van der Waals surface area contributed by atoms with Crippen molar-refractivity contribution < 1.29 is 9.59 Å². The molecule has 31 heavy (non-hydrogen) atoms. The van der Waals surface area contributed by atoms with Crippen molar-refractivity contribution in [2.45, 2.75) is 45.1 Å². The summed E-state index contributed by atoms with van der Waals surface area (Å²) in [6.45, 7) is 6.44. The minimum Gasteiger partial charge on any atom is -0.337 e. The molecule has 2 N–H and O–H groups in total. The number of urea groups is 1. The summed E-state index contributed by atoms with van der Waals surface area (Å²) in [7, 11) is 0. The number of hydrogen-bond donors (Lipinski definition) is 2. The summed E-state index contributed by atoms with van der Waals surface area (Å²) in [5, 5.41) is 5.75. The van der Waals surface area contributed by atoms with E-state index < -0.39 is 0 Å². The molecule has 0 spiro atoms. The number of pyridine rings is 1. The van der Waals surface area contributed by atoms with Crippen LogP contribution in [0.3, 0.4) is 0 Å². The summed E-state index contributed by atoms with van der Waals surface area (Å²) >= 11 is 0. The molecule has 0 radical (unpaired) electrons. The summed E-state index contributed by atoms with van der Waals surface area (Å²) < 4.78 is 1.85. The van der Waals surface area contributed by atoms with E-state index in [9.17, 15) is 14.4 Å². The summed E-state index contributed by atoms with van der Waals surface area (Å²) in [6.07, 6.45) is 1.22. The molecule has 7 nitrogen and oxygen atoms in total. The number of hydrogen-bond acceptors (Lipinski definition) is 3. The van der Waals surface area contributed by atoms with Crippen molar-refractivity contribution in [2.75, 3.05) is 25.0 Å². The number of rotatable bonds is 5. The van der Waals surface area contributed by atoms with Gasteiger partial charge in [0.25, 0.3) is 5.56 Å². The average Bonchev–Trinajstić information content (AvgIpc) is 2.74. The fourth-order valence-corrected chi connectivity index (χ4v) is 4.63. The fourth-order valence-electron chi connectivity index (χ4n) is 4.63. The lowest BCUT2D eigenvalue weighted by atomic mass is 9.83. The predicted octanol–water partition coefficient (Wildman–Crippen LogP) is 3.13. The molecule has 2 atom stereocenters. The average molecular weight is 423 g/mol. The molecule has 3 amide bonds. The number of fused-ring (bicyclic) bond motifs is 4. The van der Waals surface area contributed by atoms with Gasteiger partial charge in [-0.15, -0.1) is 0 Å². The third kappa shape index (κ3) is 4.81. The van der Waals surface area contributed by atoms with E-state index in [0.717, 1.165) is 17.8 Å². The van der Waals surface area contributed by atoms with E-state index in [4.69, 9.17) is 0 Å². The molecule has 1 aromatic heterocycles. The van der Waals surface area contributed by atoms with Crippen molar-refractivity contribution in [2.24, 2.45) is 5.92 Å². The molecular formula is C24H30N4O3. The van der Waals surface area contributed by atoms with E-state index in [1.807, 2.05) is 39.8 Å². The molecule has 3 heterocycles. The van der Waals surface area contributed by atoms with Crippen LogP contribution in [0.15, 0.2) is 47.3 Å². The van der Waals surface area contributed by atoms with Gasteiger partial charge in [0, 0.05) is 56.0 Å². The second kappa shape index (κ2) is 8.96. The number of amides is 3. The molecule has 1 unspecified atom stereocenters. The van der Waals surface area contributed by atoms with Gasteiger partial charge in [0.2, 0.25) is 5.91 Å². The van der Waals surface area contributed by atoms with Gasteiger partial charge in [0.05, 0.1) is 0 Å². The molecule has 4 rings (SSSR count). The zero-order chi connectivity index (χ0) is 22.0. The predicted molar refractivity (Wildman–Crippen MR) is 120 cm³/mol. The highest BCUT2D eigenvalue weighted by molar-refractivity contribution is 5.91. The number of carbonyl (C=O) groups excluding carboxylic acids is 2. The molecule has 1 aromatic carbocycles. The van der Waals surface area contributed by atoms with Crippen molar-refractivity contribution >= 4 is 17.6 Å². The first-order valence-corrected chi connectivity index (χ1v) is 11.0.